The zero-order chi connectivity index (χ0) is 19.3. The second-order valence-corrected chi connectivity index (χ2v) is 7.02. The summed E-state index contributed by atoms with van der Waals surface area (Å²) < 4.78 is 5.30. The van der Waals surface area contributed by atoms with E-state index in [9.17, 15) is 9.59 Å². The predicted octanol–water partition coefficient (Wildman–Crippen LogP) is 3.00. The van der Waals surface area contributed by atoms with E-state index in [0.29, 0.717) is 19.6 Å². The monoisotopic (exact) mass is 361 g/mol. The number of amides is 3. The quantitative estimate of drug-likeness (QED) is 0.810. The number of nitrogens with zero attached hydrogens (tertiary/aromatic N) is 3. The van der Waals surface area contributed by atoms with Crippen LogP contribution in [0.1, 0.15) is 38.3 Å². The molecule has 1 aromatic carbocycles. The van der Waals surface area contributed by atoms with Gasteiger partial charge in [0.2, 0.25) is 5.91 Å². The highest BCUT2D eigenvalue weighted by Crippen LogP contribution is 2.28. The lowest BCUT2D eigenvalue weighted by Crippen LogP contribution is -2.47. The van der Waals surface area contributed by atoms with E-state index >= 15 is 0 Å². The molecule has 0 spiro atoms. The number of hydrogen-bond acceptors (Lipinski definition) is 3. The van der Waals surface area contributed by atoms with Crippen LogP contribution in [-0.2, 0) is 4.79 Å². The van der Waals surface area contributed by atoms with Crippen molar-refractivity contribution in [3.63, 3.8) is 0 Å². The summed E-state index contributed by atoms with van der Waals surface area (Å²) in [6, 6.07) is 7.89. The van der Waals surface area contributed by atoms with Crippen LogP contribution in [0.5, 0.6) is 5.75 Å². The maximum atomic E-state index is 13.1. The van der Waals surface area contributed by atoms with Crippen LogP contribution in [-0.4, -0.2) is 67.5 Å². The average molecular weight is 361 g/mol. The zero-order valence-corrected chi connectivity index (χ0v) is 16.6. The number of hydrogen-bond donors (Lipinski definition) is 0. The second-order valence-electron chi connectivity index (χ2n) is 7.02. The fourth-order valence-electron chi connectivity index (χ4n) is 3.54. The van der Waals surface area contributed by atoms with E-state index in [1.54, 1.807) is 26.1 Å². The molecule has 0 aliphatic carbocycles. The number of benzene rings is 1. The molecule has 0 saturated carbocycles. The van der Waals surface area contributed by atoms with Crippen molar-refractivity contribution in [3.8, 4) is 5.75 Å². The fourth-order valence-corrected chi connectivity index (χ4v) is 3.54. The van der Waals surface area contributed by atoms with Crippen LogP contribution in [0, 0.1) is 5.92 Å². The average Bonchev–Trinajstić information content (AvgIpc) is 2.67. The zero-order valence-electron chi connectivity index (χ0n) is 16.6. The SMILES string of the molecule is CCN(C(=O)C1CCN(C(=O)N(C)C)CC1)C(C)c1cccc(OC)c1. The summed E-state index contributed by atoms with van der Waals surface area (Å²) in [6.45, 7) is 6.01. The first-order chi connectivity index (χ1) is 12.4. The van der Waals surface area contributed by atoms with E-state index in [0.717, 1.165) is 24.2 Å². The van der Waals surface area contributed by atoms with Crippen molar-refractivity contribution in [1.82, 2.24) is 14.7 Å². The van der Waals surface area contributed by atoms with Gasteiger partial charge in [-0.05, 0) is 44.4 Å². The topological polar surface area (TPSA) is 53.1 Å². The van der Waals surface area contributed by atoms with E-state index in [4.69, 9.17) is 4.74 Å². The first-order valence-corrected chi connectivity index (χ1v) is 9.29. The third-order valence-corrected chi connectivity index (χ3v) is 5.16. The standard InChI is InChI=1S/C20H31N3O3/c1-6-23(15(2)17-8-7-9-18(14-17)26-5)19(24)16-10-12-22(13-11-16)20(25)21(3)4/h7-9,14-16H,6,10-13H2,1-5H3. The van der Waals surface area contributed by atoms with Crippen LogP contribution in [0.4, 0.5) is 4.79 Å². The predicted molar refractivity (Wildman–Crippen MR) is 102 cm³/mol. The summed E-state index contributed by atoms with van der Waals surface area (Å²) in [4.78, 5) is 30.5. The molecular weight excluding hydrogens is 330 g/mol. The number of methoxy groups -OCH3 is 1. The third-order valence-electron chi connectivity index (χ3n) is 5.16. The van der Waals surface area contributed by atoms with E-state index < -0.39 is 0 Å². The maximum Gasteiger partial charge on any atom is 0.319 e. The van der Waals surface area contributed by atoms with Gasteiger partial charge in [-0.2, -0.15) is 0 Å². The molecule has 6 heteroatoms. The molecule has 1 atom stereocenters. The molecule has 1 aliphatic heterocycles. The highest BCUT2D eigenvalue weighted by molar-refractivity contribution is 5.80. The summed E-state index contributed by atoms with van der Waals surface area (Å²) in [7, 11) is 5.16. The number of urea groups is 1. The van der Waals surface area contributed by atoms with Crippen molar-refractivity contribution < 1.29 is 14.3 Å². The van der Waals surface area contributed by atoms with Crippen molar-refractivity contribution in [3.05, 3.63) is 29.8 Å². The summed E-state index contributed by atoms with van der Waals surface area (Å²) >= 11 is 0. The number of likely N-dealkylation sites (tertiary alicyclic amines) is 1. The van der Waals surface area contributed by atoms with Gasteiger partial charge in [0, 0.05) is 39.6 Å². The van der Waals surface area contributed by atoms with Gasteiger partial charge in [-0.1, -0.05) is 12.1 Å². The molecule has 0 bridgehead atoms. The summed E-state index contributed by atoms with van der Waals surface area (Å²) in [6.07, 6.45) is 1.44. The van der Waals surface area contributed by atoms with Crippen molar-refractivity contribution in [2.45, 2.75) is 32.7 Å². The number of carbonyl (C=O) groups is 2. The normalized spacial score (nSPS) is 16.1. The molecule has 0 radical (unpaired) electrons. The first kappa shape index (κ1) is 20.1. The van der Waals surface area contributed by atoms with Crippen LogP contribution in [0.15, 0.2) is 24.3 Å². The Balaban J connectivity index is 2.03. The van der Waals surface area contributed by atoms with Gasteiger partial charge < -0.3 is 19.4 Å². The lowest BCUT2D eigenvalue weighted by atomic mass is 9.94. The number of piperidine rings is 1. The van der Waals surface area contributed by atoms with Crippen molar-refractivity contribution in [2.75, 3.05) is 40.8 Å². The second kappa shape index (κ2) is 8.92. The molecule has 1 fully saturated rings. The Morgan fingerprint density at radius 1 is 1.27 bits per heavy atom. The Labute approximate surface area is 156 Å². The smallest absolute Gasteiger partial charge is 0.319 e. The largest absolute Gasteiger partial charge is 0.497 e. The van der Waals surface area contributed by atoms with E-state index in [-0.39, 0.29) is 23.9 Å². The highest BCUT2D eigenvalue weighted by Gasteiger charge is 2.32. The summed E-state index contributed by atoms with van der Waals surface area (Å²) in [5.74, 6) is 0.961. The Hall–Kier alpha value is -2.24. The summed E-state index contributed by atoms with van der Waals surface area (Å²) in [5.41, 5.74) is 1.07. The van der Waals surface area contributed by atoms with Crippen LogP contribution >= 0.6 is 0 Å². The lowest BCUT2D eigenvalue weighted by molar-refractivity contribution is -0.139. The molecule has 3 amide bonds. The van der Waals surface area contributed by atoms with Gasteiger partial charge in [0.1, 0.15) is 5.75 Å². The van der Waals surface area contributed by atoms with E-state index in [1.165, 1.54) is 0 Å². The number of rotatable bonds is 5. The van der Waals surface area contributed by atoms with Crippen molar-refractivity contribution >= 4 is 11.9 Å². The maximum absolute atomic E-state index is 13.1. The van der Waals surface area contributed by atoms with Gasteiger partial charge >= 0.3 is 6.03 Å². The molecule has 1 aliphatic rings. The van der Waals surface area contributed by atoms with E-state index in [1.807, 2.05) is 41.0 Å². The van der Waals surface area contributed by atoms with Gasteiger partial charge in [-0.15, -0.1) is 0 Å². The highest BCUT2D eigenvalue weighted by atomic mass is 16.5. The van der Waals surface area contributed by atoms with Crippen molar-refractivity contribution in [1.29, 1.82) is 0 Å². The molecule has 1 unspecified atom stereocenters. The van der Waals surface area contributed by atoms with Gasteiger partial charge in [-0.25, -0.2) is 4.79 Å². The van der Waals surface area contributed by atoms with Gasteiger partial charge in [0.15, 0.2) is 0 Å². The van der Waals surface area contributed by atoms with E-state index in [2.05, 4.69) is 6.92 Å². The molecule has 0 N–H and O–H groups in total. The molecule has 0 aromatic heterocycles. The van der Waals surface area contributed by atoms with Crippen LogP contribution < -0.4 is 4.74 Å². The van der Waals surface area contributed by atoms with Crippen LogP contribution in [0.3, 0.4) is 0 Å². The molecule has 6 nitrogen and oxygen atoms in total. The molecule has 144 valence electrons. The third kappa shape index (κ3) is 4.48. The van der Waals surface area contributed by atoms with Gasteiger partial charge in [0.25, 0.3) is 0 Å². The van der Waals surface area contributed by atoms with Crippen LogP contribution in [0.2, 0.25) is 0 Å². The minimum atomic E-state index is -0.0192. The Morgan fingerprint density at radius 3 is 2.46 bits per heavy atom. The molecule has 2 rings (SSSR count). The van der Waals surface area contributed by atoms with Gasteiger partial charge in [-0.3, -0.25) is 4.79 Å². The molecule has 1 saturated heterocycles. The Kier molecular flexibility index (Phi) is 6.89. The minimum Gasteiger partial charge on any atom is -0.497 e. The molecule has 26 heavy (non-hydrogen) atoms. The molecule has 1 aromatic rings. The first-order valence-electron chi connectivity index (χ1n) is 9.29. The number of carbonyl (C=O) groups excluding carboxylic acids is 2. The minimum absolute atomic E-state index is 0.0102. The van der Waals surface area contributed by atoms with Gasteiger partial charge in [0.05, 0.1) is 13.2 Å². The van der Waals surface area contributed by atoms with Crippen molar-refractivity contribution in [2.24, 2.45) is 5.92 Å². The lowest BCUT2D eigenvalue weighted by Gasteiger charge is -2.37. The van der Waals surface area contributed by atoms with Crippen LogP contribution in [0.25, 0.3) is 0 Å². The Bertz CT molecular complexity index is 624. The fraction of sp³-hybridized carbons (Fsp3) is 0.600. The molecular formula is C20H31N3O3. The Morgan fingerprint density at radius 2 is 1.92 bits per heavy atom. The molecule has 1 heterocycles. The number of ether oxygens (including phenoxy) is 1. The summed E-state index contributed by atoms with van der Waals surface area (Å²) in [5, 5.41) is 0.